The summed E-state index contributed by atoms with van der Waals surface area (Å²) in [5.74, 6) is 0.0104. The average Bonchev–Trinajstić information content (AvgIpc) is 2.40. The summed E-state index contributed by atoms with van der Waals surface area (Å²) in [5.41, 5.74) is 1.79. The van der Waals surface area contributed by atoms with Gasteiger partial charge in [0.2, 0.25) is 0 Å². The number of rotatable bonds is 3. The lowest BCUT2D eigenvalue weighted by molar-refractivity contribution is 0.0785. The second-order valence-corrected chi connectivity index (χ2v) is 3.88. The molecule has 94 valence electrons. The van der Waals surface area contributed by atoms with Crippen molar-refractivity contribution in [3.8, 4) is 0 Å². The van der Waals surface area contributed by atoms with Crippen LogP contribution in [0.5, 0.6) is 0 Å². The summed E-state index contributed by atoms with van der Waals surface area (Å²) in [7, 11) is 1.80. The second-order valence-electron chi connectivity index (χ2n) is 3.88. The summed E-state index contributed by atoms with van der Waals surface area (Å²) in [6, 6.07) is 13.4. The van der Waals surface area contributed by atoms with Gasteiger partial charge in [-0.1, -0.05) is 30.3 Å². The van der Waals surface area contributed by atoms with Crippen LogP contribution in [-0.4, -0.2) is 22.8 Å². The molecule has 2 rings (SSSR count). The Balaban J connectivity index is 0.00000162. The standard InChI is InChI=1S/C14H14N2O.ClH/c1-16(11-12-5-3-2-4-6-12)14(17)13-7-9-15-10-8-13;/h2-10H,11H2,1H3;1H. The molecule has 1 aromatic heterocycles. The third kappa shape index (κ3) is 3.57. The van der Waals surface area contributed by atoms with Gasteiger partial charge in [-0.3, -0.25) is 9.78 Å². The molecule has 1 aromatic carbocycles. The minimum Gasteiger partial charge on any atom is -0.337 e. The van der Waals surface area contributed by atoms with Crippen molar-refractivity contribution in [2.75, 3.05) is 7.05 Å². The van der Waals surface area contributed by atoms with Crippen molar-refractivity contribution in [2.45, 2.75) is 6.54 Å². The monoisotopic (exact) mass is 262 g/mol. The van der Waals surface area contributed by atoms with Gasteiger partial charge < -0.3 is 4.90 Å². The zero-order valence-electron chi connectivity index (χ0n) is 10.1. The third-order valence-corrected chi connectivity index (χ3v) is 2.54. The lowest BCUT2D eigenvalue weighted by Crippen LogP contribution is -2.26. The largest absolute Gasteiger partial charge is 0.337 e. The highest BCUT2D eigenvalue weighted by Crippen LogP contribution is 2.07. The molecule has 2 aromatic rings. The quantitative estimate of drug-likeness (QED) is 0.852. The summed E-state index contributed by atoms with van der Waals surface area (Å²) in [6.45, 7) is 0.613. The van der Waals surface area contributed by atoms with Gasteiger partial charge in [0, 0.05) is 31.5 Å². The van der Waals surface area contributed by atoms with Crippen LogP contribution in [0.1, 0.15) is 15.9 Å². The van der Waals surface area contributed by atoms with Crippen molar-refractivity contribution in [3.05, 3.63) is 66.0 Å². The van der Waals surface area contributed by atoms with E-state index in [9.17, 15) is 4.79 Å². The lowest BCUT2D eigenvalue weighted by atomic mass is 10.2. The van der Waals surface area contributed by atoms with Crippen molar-refractivity contribution in [1.82, 2.24) is 9.88 Å². The first-order chi connectivity index (χ1) is 8.27. The van der Waals surface area contributed by atoms with E-state index in [0.29, 0.717) is 12.1 Å². The van der Waals surface area contributed by atoms with Gasteiger partial charge in [0.1, 0.15) is 0 Å². The van der Waals surface area contributed by atoms with Crippen LogP contribution in [0, 0.1) is 0 Å². The highest BCUT2D eigenvalue weighted by Gasteiger charge is 2.10. The van der Waals surface area contributed by atoms with Crippen molar-refractivity contribution in [2.24, 2.45) is 0 Å². The summed E-state index contributed by atoms with van der Waals surface area (Å²) in [5, 5.41) is 0. The van der Waals surface area contributed by atoms with Crippen LogP contribution in [0.4, 0.5) is 0 Å². The van der Waals surface area contributed by atoms with E-state index < -0.39 is 0 Å². The minimum atomic E-state index is 0. The Kier molecular flexibility index (Phi) is 5.33. The first-order valence-corrected chi connectivity index (χ1v) is 5.47. The fourth-order valence-electron chi connectivity index (χ4n) is 1.64. The summed E-state index contributed by atoms with van der Waals surface area (Å²) >= 11 is 0. The Labute approximate surface area is 113 Å². The third-order valence-electron chi connectivity index (χ3n) is 2.54. The molecule has 0 bridgehead atoms. The lowest BCUT2D eigenvalue weighted by Gasteiger charge is -2.17. The molecule has 1 amide bonds. The highest BCUT2D eigenvalue weighted by atomic mass is 35.5. The number of nitrogens with zero attached hydrogens (tertiary/aromatic N) is 2. The molecule has 0 aliphatic carbocycles. The van der Waals surface area contributed by atoms with Crippen LogP contribution >= 0.6 is 12.4 Å². The molecule has 0 aliphatic heterocycles. The van der Waals surface area contributed by atoms with Gasteiger partial charge in [-0.05, 0) is 17.7 Å². The van der Waals surface area contributed by atoms with Gasteiger partial charge in [-0.15, -0.1) is 12.4 Å². The molecule has 0 saturated carbocycles. The molecule has 0 fully saturated rings. The number of carbonyl (C=O) groups excluding carboxylic acids is 1. The maximum Gasteiger partial charge on any atom is 0.254 e. The number of hydrogen-bond donors (Lipinski definition) is 0. The Morgan fingerprint density at radius 2 is 1.72 bits per heavy atom. The van der Waals surface area contributed by atoms with Gasteiger partial charge in [0.05, 0.1) is 0 Å². The summed E-state index contributed by atoms with van der Waals surface area (Å²) in [4.78, 5) is 17.6. The SMILES string of the molecule is CN(Cc1ccccc1)C(=O)c1ccncc1.Cl. The van der Waals surface area contributed by atoms with Crippen LogP contribution < -0.4 is 0 Å². The Bertz CT molecular complexity index is 488. The van der Waals surface area contributed by atoms with E-state index in [1.165, 1.54) is 0 Å². The first kappa shape index (κ1) is 14.2. The smallest absolute Gasteiger partial charge is 0.254 e. The maximum atomic E-state index is 12.0. The zero-order chi connectivity index (χ0) is 12.1. The molecule has 0 aliphatic rings. The zero-order valence-corrected chi connectivity index (χ0v) is 10.9. The molecule has 3 nitrogen and oxygen atoms in total. The number of halogens is 1. The first-order valence-electron chi connectivity index (χ1n) is 5.47. The molecule has 0 atom stereocenters. The van der Waals surface area contributed by atoms with Crippen molar-refractivity contribution in [1.29, 1.82) is 0 Å². The van der Waals surface area contributed by atoms with E-state index in [0.717, 1.165) is 5.56 Å². The van der Waals surface area contributed by atoms with Crippen molar-refractivity contribution < 1.29 is 4.79 Å². The van der Waals surface area contributed by atoms with Crippen LogP contribution in [0.3, 0.4) is 0 Å². The molecule has 1 heterocycles. The van der Waals surface area contributed by atoms with Crippen LogP contribution in [-0.2, 0) is 6.54 Å². The fraction of sp³-hybridized carbons (Fsp3) is 0.143. The number of hydrogen-bond acceptors (Lipinski definition) is 2. The van der Waals surface area contributed by atoms with Gasteiger partial charge in [-0.25, -0.2) is 0 Å². The van der Waals surface area contributed by atoms with Crippen LogP contribution in [0.25, 0.3) is 0 Å². The van der Waals surface area contributed by atoms with E-state index in [4.69, 9.17) is 0 Å². The molecule has 0 spiro atoms. The molecule has 0 unspecified atom stereocenters. The van der Waals surface area contributed by atoms with E-state index in [-0.39, 0.29) is 18.3 Å². The molecule has 0 N–H and O–H groups in total. The Morgan fingerprint density at radius 3 is 2.33 bits per heavy atom. The van der Waals surface area contributed by atoms with Gasteiger partial charge >= 0.3 is 0 Å². The van der Waals surface area contributed by atoms with Gasteiger partial charge in [0.25, 0.3) is 5.91 Å². The van der Waals surface area contributed by atoms with Gasteiger partial charge in [0.15, 0.2) is 0 Å². The summed E-state index contributed by atoms with van der Waals surface area (Å²) in [6.07, 6.45) is 3.26. The van der Waals surface area contributed by atoms with E-state index in [1.807, 2.05) is 30.3 Å². The summed E-state index contributed by atoms with van der Waals surface area (Å²) < 4.78 is 0. The topological polar surface area (TPSA) is 33.2 Å². The predicted molar refractivity (Wildman–Crippen MR) is 73.7 cm³/mol. The number of carbonyl (C=O) groups is 1. The number of benzene rings is 1. The Hall–Kier alpha value is -1.87. The minimum absolute atomic E-state index is 0. The van der Waals surface area contributed by atoms with Gasteiger partial charge in [-0.2, -0.15) is 0 Å². The number of aromatic nitrogens is 1. The van der Waals surface area contributed by atoms with E-state index in [2.05, 4.69) is 4.98 Å². The molecule has 18 heavy (non-hydrogen) atoms. The van der Waals surface area contributed by atoms with Crippen LogP contribution in [0.15, 0.2) is 54.9 Å². The molecular weight excluding hydrogens is 248 g/mol. The highest BCUT2D eigenvalue weighted by molar-refractivity contribution is 5.93. The molecule has 4 heteroatoms. The average molecular weight is 263 g/mol. The molecular formula is C14H15ClN2O. The van der Waals surface area contributed by atoms with Crippen LogP contribution in [0.2, 0.25) is 0 Å². The fourth-order valence-corrected chi connectivity index (χ4v) is 1.64. The van der Waals surface area contributed by atoms with E-state index >= 15 is 0 Å². The predicted octanol–water partition coefficient (Wildman–Crippen LogP) is 2.78. The maximum absolute atomic E-state index is 12.0. The normalized spacial score (nSPS) is 9.39. The van der Waals surface area contributed by atoms with Crippen molar-refractivity contribution >= 4 is 18.3 Å². The van der Waals surface area contributed by atoms with Crippen molar-refractivity contribution in [3.63, 3.8) is 0 Å². The number of pyridine rings is 1. The Morgan fingerprint density at radius 1 is 1.11 bits per heavy atom. The number of amides is 1. The molecule has 0 radical (unpaired) electrons. The second kappa shape index (κ2) is 6.77. The molecule has 0 saturated heterocycles. The van der Waals surface area contributed by atoms with E-state index in [1.54, 1.807) is 36.5 Å².